The molecule has 0 heterocycles. The molecule has 0 amide bonds. The molecule has 0 atom stereocenters. The summed E-state index contributed by atoms with van der Waals surface area (Å²) in [5.41, 5.74) is 2.64. The Morgan fingerprint density at radius 2 is 2.29 bits per heavy atom. The zero-order valence-corrected chi connectivity index (χ0v) is 9.47. The van der Waals surface area contributed by atoms with Gasteiger partial charge in [0.15, 0.2) is 0 Å². The van der Waals surface area contributed by atoms with E-state index in [1.807, 2.05) is 0 Å². The first-order valence-corrected chi connectivity index (χ1v) is 4.74. The predicted molar refractivity (Wildman–Crippen MR) is 62.0 cm³/mol. The minimum atomic E-state index is -0.801. The number of hydrogen-bond donors (Lipinski definition) is 1. The van der Waals surface area contributed by atoms with Crippen LogP contribution >= 0.6 is 11.6 Å². The summed E-state index contributed by atoms with van der Waals surface area (Å²) < 4.78 is 4.31. The van der Waals surface area contributed by atoms with Gasteiger partial charge in [0.25, 0.3) is 5.69 Å². The summed E-state index contributed by atoms with van der Waals surface area (Å²) in [4.78, 5) is 20.8. The number of methoxy groups -OCH3 is 1. The number of nitrogens with zero attached hydrogens (tertiary/aromatic N) is 2. The fourth-order valence-corrected chi connectivity index (χ4v) is 1.05. The molecular weight excluding hydrogens is 250 g/mol. The second-order valence-corrected chi connectivity index (χ2v) is 3.17. The van der Waals surface area contributed by atoms with E-state index < -0.39 is 16.1 Å². The molecule has 0 unspecified atom stereocenters. The number of carbonyl (C=O) groups excluding carboxylic acids is 1. The molecule has 7 nitrogen and oxygen atoms in total. The number of non-ortho nitro benzene ring substituents is 1. The molecule has 0 bridgehead atoms. The Morgan fingerprint density at radius 1 is 1.59 bits per heavy atom. The molecule has 1 aromatic rings. The zero-order valence-electron chi connectivity index (χ0n) is 8.71. The predicted octanol–water partition coefficient (Wildman–Crippen LogP) is 1.73. The SMILES string of the molecule is COC(=O)/C(Cl)=N/Nc1cccc([N+](=O)[O-])c1. The second kappa shape index (κ2) is 5.80. The minimum Gasteiger partial charge on any atom is -0.464 e. The van der Waals surface area contributed by atoms with Crippen LogP contribution in [0, 0.1) is 10.1 Å². The highest BCUT2D eigenvalue weighted by atomic mass is 35.5. The molecule has 90 valence electrons. The average Bonchev–Trinajstić information content (AvgIpc) is 2.35. The smallest absolute Gasteiger partial charge is 0.370 e. The van der Waals surface area contributed by atoms with Crippen molar-refractivity contribution in [2.45, 2.75) is 0 Å². The van der Waals surface area contributed by atoms with Gasteiger partial charge in [-0.15, -0.1) is 0 Å². The molecule has 0 radical (unpaired) electrons. The maximum atomic E-state index is 10.9. The lowest BCUT2D eigenvalue weighted by atomic mass is 10.3. The van der Waals surface area contributed by atoms with Crippen LogP contribution in [0.3, 0.4) is 0 Å². The third-order valence-electron chi connectivity index (χ3n) is 1.69. The minimum absolute atomic E-state index is 0.0978. The van der Waals surface area contributed by atoms with Gasteiger partial charge in [0.05, 0.1) is 17.7 Å². The molecule has 0 saturated heterocycles. The number of nitro benzene ring substituents is 1. The number of halogens is 1. The van der Waals surface area contributed by atoms with Gasteiger partial charge >= 0.3 is 5.97 Å². The largest absolute Gasteiger partial charge is 0.464 e. The Morgan fingerprint density at radius 3 is 2.88 bits per heavy atom. The van der Waals surface area contributed by atoms with Crippen molar-refractivity contribution in [3.8, 4) is 0 Å². The van der Waals surface area contributed by atoms with Crippen molar-refractivity contribution in [1.82, 2.24) is 0 Å². The molecule has 0 aliphatic carbocycles. The molecule has 1 aromatic carbocycles. The van der Waals surface area contributed by atoms with Crippen LogP contribution in [0.15, 0.2) is 29.4 Å². The van der Waals surface area contributed by atoms with Crippen molar-refractivity contribution < 1.29 is 14.5 Å². The average molecular weight is 258 g/mol. The molecule has 1 N–H and O–H groups in total. The van der Waals surface area contributed by atoms with E-state index >= 15 is 0 Å². The van der Waals surface area contributed by atoms with E-state index in [9.17, 15) is 14.9 Å². The number of esters is 1. The molecule has 8 heteroatoms. The van der Waals surface area contributed by atoms with Crippen LogP contribution in [0.25, 0.3) is 0 Å². The van der Waals surface area contributed by atoms with Crippen LogP contribution < -0.4 is 5.43 Å². The molecule has 1 rings (SSSR count). The Balaban J connectivity index is 2.79. The molecular formula is C9H8ClN3O4. The Kier molecular flexibility index (Phi) is 4.41. The second-order valence-electron chi connectivity index (χ2n) is 2.81. The lowest BCUT2D eigenvalue weighted by Crippen LogP contribution is -2.11. The van der Waals surface area contributed by atoms with E-state index in [1.165, 1.54) is 24.3 Å². The molecule has 0 aliphatic rings. The highest BCUT2D eigenvalue weighted by molar-refractivity contribution is 6.82. The van der Waals surface area contributed by atoms with Crippen molar-refractivity contribution in [2.24, 2.45) is 5.10 Å². The summed E-state index contributed by atoms with van der Waals surface area (Å²) >= 11 is 5.46. The fourth-order valence-electron chi connectivity index (χ4n) is 0.933. The van der Waals surface area contributed by atoms with Gasteiger partial charge < -0.3 is 4.74 Å². The fraction of sp³-hybridized carbons (Fsp3) is 0.111. The summed E-state index contributed by atoms with van der Waals surface area (Å²) in [5, 5.41) is 13.6. The summed E-state index contributed by atoms with van der Waals surface area (Å²) in [6, 6.07) is 5.60. The Hall–Kier alpha value is -2.15. The third kappa shape index (κ3) is 3.72. The molecule has 17 heavy (non-hydrogen) atoms. The zero-order chi connectivity index (χ0) is 12.8. The number of benzene rings is 1. The Bertz CT molecular complexity index is 475. The van der Waals surface area contributed by atoms with Gasteiger partial charge in [0.1, 0.15) is 0 Å². The number of nitrogens with one attached hydrogen (secondary N) is 1. The number of anilines is 1. The van der Waals surface area contributed by atoms with Gasteiger partial charge in [-0.05, 0) is 6.07 Å². The number of hydrogen-bond acceptors (Lipinski definition) is 6. The van der Waals surface area contributed by atoms with E-state index in [2.05, 4.69) is 15.3 Å². The number of rotatable bonds is 4. The molecule has 0 aromatic heterocycles. The van der Waals surface area contributed by atoms with Crippen LogP contribution in [0.1, 0.15) is 0 Å². The first-order valence-electron chi connectivity index (χ1n) is 4.36. The third-order valence-corrected chi connectivity index (χ3v) is 1.93. The maximum absolute atomic E-state index is 10.9. The monoisotopic (exact) mass is 257 g/mol. The standard InChI is InChI=1S/C9H8ClN3O4/c1-17-9(14)8(10)12-11-6-3-2-4-7(5-6)13(15)16/h2-5,11H,1H3/b12-8-. The lowest BCUT2D eigenvalue weighted by Gasteiger charge is -2.00. The van der Waals surface area contributed by atoms with E-state index in [0.717, 1.165) is 7.11 Å². The lowest BCUT2D eigenvalue weighted by molar-refractivity contribution is -0.384. The number of nitro groups is 1. The van der Waals surface area contributed by atoms with Gasteiger partial charge in [-0.2, -0.15) is 5.10 Å². The summed E-state index contributed by atoms with van der Waals surface area (Å²) in [6.45, 7) is 0. The van der Waals surface area contributed by atoms with Gasteiger partial charge in [0.2, 0.25) is 5.17 Å². The first-order chi connectivity index (χ1) is 8.04. The van der Waals surface area contributed by atoms with E-state index in [1.54, 1.807) is 0 Å². The van der Waals surface area contributed by atoms with Crippen molar-refractivity contribution >= 4 is 34.1 Å². The van der Waals surface area contributed by atoms with E-state index in [-0.39, 0.29) is 5.69 Å². The van der Waals surface area contributed by atoms with Gasteiger partial charge in [-0.25, -0.2) is 4.79 Å². The van der Waals surface area contributed by atoms with Crippen LogP contribution in [0.2, 0.25) is 0 Å². The number of hydrazone groups is 1. The molecule has 0 aliphatic heterocycles. The van der Waals surface area contributed by atoms with E-state index in [4.69, 9.17) is 11.6 Å². The van der Waals surface area contributed by atoms with Gasteiger partial charge in [-0.3, -0.25) is 15.5 Å². The number of carbonyl (C=O) groups is 1. The summed E-state index contributed by atoms with van der Waals surface area (Å²) in [7, 11) is 1.16. The van der Waals surface area contributed by atoms with Crippen LogP contribution in [-0.4, -0.2) is 23.2 Å². The van der Waals surface area contributed by atoms with Crippen LogP contribution in [0.4, 0.5) is 11.4 Å². The topological polar surface area (TPSA) is 93.8 Å². The molecule has 0 saturated carbocycles. The van der Waals surface area contributed by atoms with Crippen molar-refractivity contribution in [3.05, 3.63) is 34.4 Å². The van der Waals surface area contributed by atoms with Crippen LogP contribution in [-0.2, 0) is 9.53 Å². The van der Waals surface area contributed by atoms with Crippen molar-refractivity contribution in [2.75, 3.05) is 12.5 Å². The summed E-state index contributed by atoms with van der Waals surface area (Å²) in [6.07, 6.45) is 0. The highest BCUT2D eigenvalue weighted by Crippen LogP contribution is 2.16. The van der Waals surface area contributed by atoms with Crippen molar-refractivity contribution in [3.63, 3.8) is 0 Å². The molecule has 0 spiro atoms. The quantitative estimate of drug-likeness (QED) is 0.384. The van der Waals surface area contributed by atoms with Crippen LogP contribution in [0.5, 0.6) is 0 Å². The highest BCUT2D eigenvalue weighted by Gasteiger charge is 2.08. The van der Waals surface area contributed by atoms with E-state index in [0.29, 0.717) is 5.69 Å². The summed E-state index contributed by atoms with van der Waals surface area (Å²) in [5.74, 6) is -0.801. The first kappa shape index (κ1) is 12.9. The molecule has 0 fully saturated rings. The normalized spacial score (nSPS) is 10.8. The Labute approximate surface area is 101 Å². The van der Waals surface area contributed by atoms with Gasteiger partial charge in [-0.1, -0.05) is 17.7 Å². The van der Waals surface area contributed by atoms with Gasteiger partial charge in [0, 0.05) is 12.1 Å². The maximum Gasteiger partial charge on any atom is 0.370 e. The number of ether oxygens (including phenoxy) is 1. The van der Waals surface area contributed by atoms with Crippen molar-refractivity contribution in [1.29, 1.82) is 0 Å².